The van der Waals surface area contributed by atoms with Crippen molar-refractivity contribution in [2.24, 2.45) is 4.99 Å². The third-order valence-corrected chi connectivity index (χ3v) is 2.81. The van der Waals surface area contributed by atoms with Crippen molar-refractivity contribution < 1.29 is 4.74 Å². The third-order valence-electron chi connectivity index (χ3n) is 2.52. The van der Waals surface area contributed by atoms with E-state index >= 15 is 0 Å². The fourth-order valence-electron chi connectivity index (χ4n) is 1.50. The second-order valence-electron chi connectivity index (χ2n) is 3.59. The summed E-state index contributed by atoms with van der Waals surface area (Å²) in [7, 11) is 5.16. The molecule has 1 aromatic carbocycles. The van der Waals surface area contributed by atoms with Crippen molar-refractivity contribution in [3.63, 3.8) is 0 Å². The summed E-state index contributed by atoms with van der Waals surface area (Å²) in [5, 5.41) is 6.76. The molecule has 1 aromatic rings. The lowest BCUT2D eigenvalue weighted by Gasteiger charge is -2.12. The molecule has 0 aliphatic rings. The molecule has 4 nitrogen and oxygen atoms in total. The number of rotatable bonds is 3. The first kappa shape index (κ1) is 13.6. The van der Waals surface area contributed by atoms with Crippen LogP contribution in [0.15, 0.2) is 17.1 Å². The summed E-state index contributed by atoms with van der Waals surface area (Å²) in [4.78, 5) is 4.04. The molecule has 0 saturated carbocycles. The minimum atomic E-state index is 0.620. The van der Waals surface area contributed by atoms with Gasteiger partial charge in [-0.3, -0.25) is 4.99 Å². The third kappa shape index (κ3) is 3.53. The van der Waals surface area contributed by atoms with Gasteiger partial charge in [0.1, 0.15) is 5.75 Å². The Hall–Kier alpha value is -1.42. The highest BCUT2D eigenvalue weighted by molar-refractivity contribution is 6.32. The maximum atomic E-state index is 6.09. The van der Waals surface area contributed by atoms with Crippen molar-refractivity contribution in [2.45, 2.75) is 13.5 Å². The molecule has 0 unspecified atom stereocenters. The maximum absolute atomic E-state index is 6.09. The van der Waals surface area contributed by atoms with Gasteiger partial charge in [0.15, 0.2) is 5.96 Å². The molecule has 0 fully saturated rings. The summed E-state index contributed by atoms with van der Waals surface area (Å²) in [6, 6.07) is 3.84. The summed E-state index contributed by atoms with van der Waals surface area (Å²) >= 11 is 6.09. The van der Waals surface area contributed by atoms with Gasteiger partial charge in [0.05, 0.1) is 12.1 Å². The molecule has 0 aliphatic carbocycles. The van der Waals surface area contributed by atoms with E-state index in [2.05, 4.69) is 15.6 Å². The molecule has 0 atom stereocenters. The molecule has 94 valence electrons. The molecule has 0 radical (unpaired) electrons. The van der Waals surface area contributed by atoms with E-state index in [0.29, 0.717) is 17.3 Å². The first-order valence-electron chi connectivity index (χ1n) is 5.33. The smallest absolute Gasteiger partial charge is 0.190 e. The van der Waals surface area contributed by atoms with E-state index < -0.39 is 0 Å². The van der Waals surface area contributed by atoms with Crippen LogP contribution in [0.2, 0.25) is 5.02 Å². The highest BCUT2D eigenvalue weighted by Crippen LogP contribution is 2.27. The van der Waals surface area contributed by atoms with Gasteiger partial charge in [-0.1, -0.05) is 11.6 Å². The largest absolute Gasteiger partial charge is 0.495 e. The van der Waals surface area contributed by atoms with Gasteiger partial charge in [-0.05, 0) is 30.2 Å². The number of aryl methyl sites for hydroxylation is 1. The minimum absolute atomic E-state index is 0.620. The van der Waals surface area contributed by atoms with Gasteiger partial charge >= 0.3 is 0 Å². The Morgan fingerprint density at radius 1 is 1.47 bits per heavy atom. The molecule has 1 rings (SSSR count). The van der Waals surface area contributed by atoms with Crippen LogP contribution in [0.4, 0.5) is 0 Å². The van der Waals surface area contributed by atoms with Crippen molar-refractivity contribution in [1.82, 2.24) is 10.6 Å². The molecule has 0 aromatic heterocycles. The molecule has 0 heterocycles. The van der Waals surface area contributed by atoms with E-state index in [9.17, 15) is 0 Å². The Morgan fingerprint density at radius 2 is 2.18 bits per heavy atom. The van der Waals surface area contributed by atoms with E-state index in [-0.39, 0.29) is 0 Å². The monoisotopic (exact) mass is 255 g/mol. The van der Waals surface area contributed by atoms with Gasteiger partial charge in [-0.2, -0.15) is 0 Å². The normalized spacial score (nSPS) is 11.2. The van der Waals surface area contributed by atoms with Gasteiger partial charge in [0.25, 0.3) is 0 Å². The Labute approximate surface area is 107 Å². The van der Waals surface area contributed by atoms with Crippen LogP contribution in [0, 0.1) is 6.92 Å². The number of hydrogen-bond acceptors (Lipinski definition) is 2. The molecule has 0 bridgehead atoms. The lowest BCUT2D eigenvalue weighted by molar-refractivity contribution is 0.414. The number of nitrogens with one attached hydrogen (secondary N) is 2. The van der Waals surface area contributed by atoms with Crippen molar-refractivity contribution in [1.29, 1.82) is 0 Å². The predicted molar refractivity (Wildman–Crippen MR) is 72.0 cm³/mol. The molecular weight excluding hydrogens is 238 g/mol. The van der Waals surface area contributed by atoms with E-state index in [1.54, 1.807) is 14.2 Å². The first-order chi connectivity index (χ1) is 8.12. The Kier molecular flexibility index (Phi) is 5.10. The van der Waals surface area contributed by atoms with Gasteiger partial charge < -0.3 is 15.4 Å². The maximum Gasteiger partial charge on any atom is 0.190 e. The number of aliphatic imine (C=N–C) groups is 1. The molecule has 17 heavy (non-hydrogen) atoms. The fraction of sp³-hybridized carbons (Fsp3) is 0.417. The molecule has 0 spiro atoms. The first-order valence-corrected chi connectivity index (χ1v) is 5.71. The zero-order valence-corrected chi connectivity index (χ0v) is 11.4. The van der Waals surface area contributed by atoms with Crippen LogP contribution in [0.1, 0.15) is 11.1 Å². The molecule has 0 aliphatic heterocycles. The van der Waals surface area contributed by atoms with Gasteiger partial charge in [-0.15, -0.1) is 0 Å². The fourth-order valence-corrected chi connectivity index (χ4v) is 1.76. The topological polar surface area (TPSA) is 45.7 Å². The van der Waals surface area contributed by atoms with Crippen molar-refractivity contribution in [2.75, 3.05) is 21.2 Å². The van der Waals surface area contributed by atoms with E-state index in [4.69, 9.17) is 16.3 Å². The van der Waals surface area contributed by atoms with Crippen molar-refractivity contribution in [3.8, 4) is 5.75 Å². The van der Waals surface area contributed by atoms with E-state index in [0.717, 1.165) is 17.1 Å². The predicted octanol–water partition coefficient (Wildman–Crippen LogP) is 1.95. The number of methoxy groups -OCH3 is 1. The zero-order valence-electron chi connectivity index (χ0n) is 10.6. The molecular formula is C12H18ClN3O. The van der Waals surface area contributed by atoms with Crippen LogP contribution in [-0.2, 0) is 6.54 Å². The average Bonchev–Trinajstić information content (AvgIpc) is 2.34. The lowest BCUT2D eigenvalue weighted by atomic mass is 10.1. The van der Waals surface area contributed by atoms with Crippen LogP contribution in [0.5, 0.6) is 5.75 Å². The average molecular weight is 256 g/mol. The summed E-state index contributed by atoms with van der Waals surface area (Å²) in [6.45, 7) is 2.70. The number of nitrogens with zero attached hydrogens (tertiary/aromatic N) is 1. The van der Waals surface area contributed by atoms with Crippen molar-refractivity contribution >= 4 is 17.6 Å². The van der Waals surface area contributed by atoms with Gasteiger partial charge in [-0.25, -0.2) is 0 Å². The number of ether oxygens (including phenoxy) is 1. The Morgan fingerprint density at radius 3 is 2.71 bits per heavy atom. The van der Waals surface area contributed by atoms with Crippen LogP contribution in [0.3, 0.4) is 0 Å². The zero-order chi connectivity index (χ0) is 12.8. The highest BCUT2D eigenvalue weighted by atomic mass is 35.5. The van der Waals surface area contributed by atoms with Crippen LogP contribution >= 0.6 is 11.6 Å². The number of hydrogen-bond donors (Lipinski definition) is 2. The summed E-state index contributed by atoms with van der Waals surface area (Å²) in [6.07, 6.45) is 0. The second-order valence-corrected chi connectivity index (χ2v) is 4.00. The van der Waals surface area contributed by atoms with E-state index in [1.165, 1.54) is 0 Å². The summed E-state index contributed by atoms with van der Waals surface area (Å²) in [5.74, 6) is 1.45. The molecule has 5 heteroatoms. The standard InChI is InChI=1S/C12H18ClN3O/c1-8-5-11(17-4)10(13)6-9(8)7-16-12(14-2)15-3/h5-6H,7H2,1-4H3,(H2,14,15,16). The van der Waals surface area contributed by atoms with Gasteiger partial charge in [0, 0.05) is 20.6 Å². The SMILES string of the molecule is CN=C(NC)NCc1cc(Cl)c(OC)cc1C. The lowest BCUT2D eigenvalue weighted by Crippen LogP contribution is -2.34. The quantitative estimate of drug-likeness (QED) is 0.641. The van der Waals surface area contributed by atoms with Crippen LogP contribution in [0.25, 0.3) is 0 Å². The van der Waals surface area contributed by atoms with Gasteiger partial charge in [0.2, 0.25) is 0 Å². The van der Waals surface area contributed by atoms with Crippen molar-refractivity contribution in [3.05, 3.63) is 28.3 Å². The second kappa shape index (κ2) is 6.35. The number of halogens is 1. The minimum Gasteiger partial charge on any atom is -0.495 e. The Bertz CT molecular complexity index is 418. The molecule has 0 saturated heterocycles. The van der Waals surface area contributed by atoms with Crippen LogP contribution < -0.4 is 15.4 Å². The molecule has 0 amide bonds. The van der Waals surface area contributed by atoms with E-state index in [1.807, 2.05) is 26.1 Å². The molecule has 2 N–H and O–H groups in total. The highest BCUT2D eigenvalue weighted by Gasteiger charge is 2.06. The number of guanidine groups is 1. The summed E-state index contributed by atoms with van der Waals surface area (Å²) in [5.41, 5.74) is 2.25. The Balaban J connectivity index is 2.82. The summed E-state index contributed by atoms with van der Waals surface area (Å²) < 4.78 is 5.16. The van der Waals surface area contributed by atoms with Crippen LogP contribution in [-0.4, -0.2) is 27.2 Å². The number of benzene rings is 1.